The Morgan fingerprint density at radius 2 is 2.00 bits per heavy atom. The lowest BCUT2D eigenvalue weighted by Crippen LogP contribution is -2.36. The lowest BCUT2D eigenvalue weighted by Gasteiger charge is -2.45. The topological polar surface area (TPSA) is 37.3 Å². The molecular weight excluding hydrogens is 196 g/mol. The van der Waals surface area contributed by atoms with Crippen LogP contribution in [0.5, 0.6) is 0 Å². The number of hydrogen-bond acceptors (Lipinski definition) is 1. The lowest BCUT2D eigenvalue weighted by molar-refractivity contribution is 0.519. The molecule has 0 unspecified atom stereocenters. The summed E-state index contributed by atoms with van der Waals surface area (Å²) in [5.41, 5.74) is 0.974. The molecule has 1 aliphatic rings. The molecule has 0 aromatic heterocycles. The predicted molar refractivity (Wildman–Crippen MR) is 58.9 cm³/mol. The van der Waals surface area contributed by atoms with E-state index in [1.807, 2.05) is 12.1 Å². The summed E-state index contributed by atoms with van der Waals surface area (Å²) in [5, 5.41) is 0. The Labute approximate surface area is 83.9 Å². The molecule has 3 heteroatoms. The van der Waals surface area contributed by atoms with Crippen LogP contribution in [0.3, 0.4) is 0 Å². The Hall–Kier alpha value is -0.930. The Bertz CT molecular complexity index is 468. The number of benzene rings is 1. The van der Waals surface area contributed by atoms with E-state index in [-0.39, 0.29) is 0 Å². The molecule has 1 N–H and O–H groups in total. The van der Waals surface area contributed by atoms with E-state index >= 15 is 0 Å². The van der Waals surface area contributed by atoms with Crippen LogP contribution in [0.15, 0.2) is 40.6 Å². The second-order valence-electron chi connectivity index (χ2n) is 3.93. The molecule has 0 aliphatic carbocycles. The van der Waals surface area contributed by atoms with Crippen LogP contribution in [0.1, 0.15) is 12.0 Å². The normalized spacial score (nSPS) is 25.9. The number of aryl methyl sites for hydroxylation is 1. The summed E-state index contributed by atoms with van der Waals surface area (Å²) < 4.78 is 22.6. The Morgan fingerprint density at radius 1 is 1.36 bits per heavy atom. The van der Waals surface area contributed by atoms with Crippen molar-refractivity contribution in [1.82, 2.24) is 0 Å². The summed E-state index contributed by atoms with van der Waals surface area (Å²) in [6, 6.07) is 7.34. The first-order valence-corrected chi connectivity index (χ1v) is 6.89. The molecule has 2 rings (SSSR count). The highest BCUT2D eigenvalue weighted by molar-refractivity contribution is 8.18. The molecule has 0 amide bonds. The van der Waals surface area contributed by atoms with Gasteiger partial charge in [-0.05, 0) is 24.5 Å². The molecule has 14 heavy (non-hydrogen) atoms. The van der Waals surface area contributed by atoms with Gasteiger partial charge in [-0.15, -0.1) is 9.35 Å². The Morgan fingerprint density at radius 3 is 2.71 bits per heavy atom. The number of hydrogen-bond donors (Lipinski definition) is 1. The van der Waals surface area contributed by atoms with Crippen LogP contribution >= 0.6 is 0 Å². The van der Waals surface area contributed by atoms with E-state index in [1.54, 1.807) is 12.1 Å². The molecule has 2 nitrogen and oxygen atoms in total. The molecular formula is C11H14O2S. The summed E-state index contributed by atoms with van der Waals surface area (Å²) in [6.07, 6.45) is 2.82. The molecule has 0 saturated carbocycles. The minimum Gasteiger partial charge on any atom is -0.295 e. The van der Waals surface area contributed by atoms with E-state index in [9.17, 15) is 8.76 Å². The van der Waals surface area contributed by atoms with E-state index in [4.69, 9.17) is 0 Å². The number of allylic oxidation sites excluding steroid dienone is 1. The standard InChI is InChI=1S/C11H14O2S/c1-9-7-8-10-5-3-4-6-11(10)14(9,2,12)13/h3-6H,1,7-8H2,2H3,(H,12,13). The Balaban J connectivity index is 2.78. The predicted octanol–water partition coefficient (Wildman–Crippen LogP) is 2.43. The highest BCUT2D eigenvalue weighted by Crippen LogP contribution is 2.44. The van der Waals surface area contributed by atoms with E-state index in [0.29, 0.717) is 16.2 Å². The van der Waals surface area contributed by atoms with Crippen molar-refractivity contribution in [1.29, 1.82) is 0 Å². The quantitative estimate of drug-likeness (QED) is 0.714. The summed E-state index contributed by atoms with van der Waals surface area (Å²) in [6.45, 7) is 3.72. The average molecular weight is 210 g/mol. The minimum atomic E-state index is -3.77. The van der Waals surface area contributed by atoms with Crippen LogP contribution in [0.2, 0.25) is 0 Å². The van der Waals surface area contributed by atoms with Crippen molar-refractivity contribution in [3.63, 3.8) is 0 Å². The Kier molecular flexibility index (Phi) is 1.75. The lowest BCUT2D eigenvalue weighted by atomic mass is 10.1. The molecule has 76 valence electrons. The van der Waals surface area contributed by atoms with Crippen LogP contribution in [0, 0.1) is 0 Å². The smallest absolute Gasteiger partial charge is 0.0616 e. The van der Waals surface area contributed by atoms with Gasteiger partial charge in [-0.1, -0.05) is 24.8 Å². The van der Waals surface area contributed by atoms with E-state index in [1.165, 1.54) is 6.26 Å². The molecule has 0 spiro atoms. The van der Waals surface area contributed by atoms with Gasteiger partial charge < -0.3 is 0 Å². The summed E-state index contributed by atoms with van der Waals surface area (Å²) in [4.78, 5) is 1.02. The van der Waals surface area contributed by atoms with E-state index < -0.39 is 9.35 Å². The van der Waals surface area contributed by atoms with Gasteiger partial charge in [0.05, 0.1) is 4.90 Å². The van der Waals surface area contributed by atoms with Crippen LogP contribution in [0.25, 0.3) is 0 Å². The van der Waals surface area contributed by atoms with Gasteiger partial charge in [-0.25, -0.2) is 0 Å². The maximum Gasteiger partial charge on any atom is 0.0616 e. The second kappa shape index (κ2) is 2.55. The van der Waals surface area contributed by atoms with Gasteiger partial charge in [0.25, 0.3) is 0 Å². The third kappa shape index (κ3) is 1.16. The summed E-state index contributed by atoms with van der Waals surface area (Å²) in [7, 11) is -3.77. The van der Waals surface area contributed by atoms with Crippen molar-refractivity contribution < 1.29 is 8.76 Å². The fourth-order valence-corrected chi connectivity index (χ4v) is 3.93. The first kappa shape index (κ1) is 9.62. The first-order valence-electron chi connectivity index (χ1n) is 4.55. The molecule has 1 aliphatic heterocycles. The average Bonchev–Trinajstić information content (AvgIpc) is 2.12. The highest BCUT2D eigenvalue weighted by Gasteiger charge is 2.33. The monoisotopic (exact) mass is 210 g/mol. The fraction of sp³-hybridized carbons (Fsp3) is 0.273. The molecule has 0 fully saturated rings. The van der Waals surface area contributed by atoms with E-state index in [0.717, 1.165) is 12.0 Å². The van der Waals surface area contributed by atoms with Crippen molar-refractivity contribution in [3.05, 3.63) is 41.3 Å². The zero-order chi connectivity index (χ0) is 10.4. The SMILES string of the molecule is C=C1CCc2ccccc2S1(C)(=O)O. The maximum atomic E-state index is 12.4. The molecule has 0 saturated heterocycles. The van der Waals surface area contributed by atoms with Gasteiger partial charge in [0, 0.05) is 11.2 Å². The van der Waals surface area contributed by atoms with E-state index in [2.05, 4.69) is 6.58 Å². The van der Waals surface area contributed by atoms with Crippen molar-refractivity contribution in [2.45, 2.75) is 17.7 Å². The first-order chi connectivity index (χ1) is 6.40. The van der Waals surface area contributed by atoms with Gasteiger partial charge in [0.1, 0.15) is 0 Å². The molecule has 1 heterocycles. The van der Waals surface area contributed by atoms with Gasteiger partial charge in [-0.3, -0.25) is 4.55 Å². The minimum absolute atomic E-state index is 0.459. The van der Waals surface area contributed by atoms with Crippen molar-refractivity contribution in [2.24, 2.45) is 0 Å². The van der Waals surface area contributed by atoms with Crippen molar-refractivity contribution >= 4 is 9.35 Å². The molecule has 0 atom stereocenters. The third-order valence-corrected chi connectivity index (χ3v) is 5.84. The van der Waals surface area contributed by atoms with Crippen LogP contribution in [-0.4, -0.2) is 15.0 Å². The highest BCUT2D eigenvalue weighted by atomic mass is 32.3. The summed E-state index contributed by atoms with van der Waals surface area (Å²) in [5.74, 6) is 0. The van der Waals surface area contributed by atoms with Crippen LogP contribution < -0.4 is 0 Å². The fourth-order valence-electron chi connectivity index (χ4n) is 1.85. The van der Waals surface area contributed by atoms with Gasteiger partial charge in [-0.2, -0.15) is 4.21 Å². The van der Waals surface area contributed by atoms with Crippen molar-refractivity contribution in [3.8, 4) is 0 Å². The van der Waals surface area contributed by atoms with Gasteiger partial charge >= 0.3 is 0 Å². The van der Waals surface area contributed by atoms with Crippen molar-refractivity contribution in [2.75, 3.05) is 6.26 Å². The zero-order valence-corrected chi connectivity index (χ0v) is 9.01. The maximum absolute atomic E-state index is 12.4. The number of rotatable bonds is 0. The van der Waals surface area contributed by atoms with Gasteiger partial charge in [0.15, 0.2) is 0 Å². The second-order valence-corrected chi connectivity index (χ2v) is 7.51. The molecule has 0 bridgehead atoms. The largest absolute Gasteiger partial charge is 0.295 e. The third-order valence-electron chi connectivity index (χ3n) is 2.84. The molecule has 1 aromatic carbocycles. The summed E-state index contributed by atoms with van der Waals surface area (Å²) >= 11 is 0. The van der Waals surface area contributed by atoms with Gasteiger partial charge in [0.2, 0.25) is 0 Å². The van der Waals surface area contributed by atoms with Crippen LogP contribution in [0.4, 0.5) is 0 Å². The molecule has 1 aromatic rings. The number of fused-ring (bicyclic) bond motifs is 1. The molecule has 0 radical (unpaired) electrons. The zero-order valence-electron chi connectivity index (χ0n) is 8.19. The van der Waals surface area contributed by atoms with Crippen LogP contribution in [-0.2, 0) is 15.8 Å².